The van der Waals surface area contributed by atoms with Gasteiger partial charge in [-0.2, -0.15) is 22.0 Å². The molecule has 0 spiro atoms. The van der Waals surface area contributed by atoms with Gasteiger partial charge in [0.05, 0.1) is 0 Å². The first-order valence-electron chi connectivity index (χ1n) is 3.01. The zero-order chi connectivity index (χ0) is 11.6. The summed E-state index contributed by atoms with van der Waals surface area (Å²) in [6, 6.07) is 0. The topological polar surface area (TPSA) is 46.5 Å². The Labute approximate surface area is 73.3 Å². The van der Waals surface area contributed by atoms with Crippen molar-refractivity contribution in [2.45, 2.75) is 18.5 Å². The Hall–Kier alpha value is -0.990. The van der Waals surface area contributed by atoms with Crippen LogP contribution >= 0.6 is 0 Å². The lowest BCUT2D eigenvalue weighted by Crippen LogP contribution is -2.44. The van der Waals surface area contributed by atoms with Gasteiger partial charge in [0.25, 0.3) is 6.17 Å². The standard InChI is InChI=1S/C5H4F6O3/c6-3(4(7,8)9)5(10,11)14-1-2(12)13/h3H,1H2,(H,12,13). The van der Waals surface area contributed by atoms with E-state index in [2.05, 4.69) is 4.74 Å². The van der Waals surface area contributed by atoms with Crippen LogP contribution < -0.4 is 0 Å². The Bertz CT molecular complexity index is 212. The second-order valence-corrected chi connectivity index (χ2v) is 2.15. The van der Waals surface area contributed by atoms with Crippen LogP contribution in [0.5, 0.6) is 0 Å². The molecule has 0 aromatic rings. The van der Waals surface area contributed by atoms with Crippen molar-refractivity contribution in [3.8, 4) is 0 Å². The average molecular weight is 226 g/mol. The molecule has 0 saturated carbocycles. The summed E-state index contributed by atoms with van der Waals surface area (Å²) in [4.78, 5) is 9.66. The molecule has 0 fully saturated rings. The van der Waals surface area contributed by atoms with Gasteiger partial charge in [-0.15, -0.1) is 0 Å². The fourth-order valence-corrected chi connectivity index (χ4v) is 0.422. The average Bonchev–Trinajstić information content (AvgIpc) is 1.98. The number of hydrogen-bond acceptors (Lipinski definition) is 2. The normalized spacial score (nSPS) is 15.3. The van der Waals surface area contributed by atoms with Gasteiger partial charge in [0.15, 0.2) is 6.61 Å². The van der Waals surface area contributed by atoms with Gasteiger partial charge in [0.1, 0.15) is 0 Å². The third-order valence-electron chi connectivity index (χ3n) is 0.971. The number of hydrogen-bond donors (Lipinski definition) is 1. The Kier molecular flexibility index (Phi) is 3.74. The lowest BCUT2D eigenvalue weighted by Gasteiger charge is -2.21. The molecule has 0 aromatic heterocycles. The van der Waals surface area contributed by atoms with Gasteiger partial charge >= 0.3 is 18.3 Å². The zero-order valence-corrected chi connectivity index (χ0v) is 6.32. The van der Waals surface area contributed by atoms with Crippen molar-refractivity contribution >= 4 is 5.97 Å². The smallest absolute Gasteiger partial charge is 0.428 e. The van der Waals surface area contributed by atoms with E-state index in [0.29, 0.717) is 0 Å². The molecular formula is C5H4F6O3. The lowest BCUT2D eigenvalue weighted by molar-refractivity contribution is -0.334. The van der Waals surface area contributed by atoms with Crippen molar-refractivity contribution in [2.24, 2.45) is 0 Å². The number of alkyl halides is 6. The number of aliphatic carboxylic acids is 1. The maximum Gasteiger partial charge on any atom is 0.428 e. The third kappa shape index (κ3) is 3.81. The van der Waals surface area contributed by atoms with Crippen LogP contribution in [0.15, 0.2) is 0 Å². The Morgan fingerprint density at radius 1 is 1.29 bits per heavy atom. The van der Waals surface area contributed by atoms with E-state index in [1.54, 1.807) is 0 Å². The van der Waals surface area contributed by atoms with E-state index in [0.717, 1.165) is 0 Å². The van der Waals surface area contributed by atoms with E-state index in [9.17, 15) is 31.1 Å². The predicted octanol–water partition coefficient (Wildman–Crippen LogP) is 1.58. The Balaban J connectivity index is 4.38. The van der Waals surface area contributed by atoms with Gasteiger partial charge in [-0.05, 0) is 0 Å². The van der Waals surface area contributed by atoms with Crippen LogP contribution in [-0.2, 0) is 9.53 Å². The number of carboxylic acid groups (broad SMARTS) is 1. The monoisotopic (exact) mass is 226 g/mol. The molecule has 0 aromatic carbocycles. The number of rotatable bonds is 4. The van der Waals surface area contributed by atoms with E-state index in [1.165, 1.54) is 0 Å². The second-order valence-electron chi connectivity index (χ2n) is 2.15. The van der Waals surface area contributed by atoms with Crippen LogP contribution in [-0.4, -0.2) is 36.1 Å². The number of halogens is 6. The number of carboxylic acids is 1. The summed E-state index contributed by atoms with van der Waals surface area (Å²) < 4.78 is 73.2. The van der Waals surface area contributed by atoms with E-state index >= 15 is 0 Å². The molecule has 1 atom stereocenters. The molecule has 0 heterocycles. The van der Waals surface area contributed by atoms with Crippen LogP contribution in [0, 0.1) is 0 Å². The predicted molar refractivity (Wildman–Crippen MR) is 29.5 cm³/mol. The molecule has 1 N–H and O–H groups in total. The summed E-state index contributed by atoms with van der Waals surface area (Å²) in [5.74, 6) is -1.93. The van der Waals surface area contributed by atoms with E-state index in [-0.39, 0.29) is 0 Å². The largest absolute Gasteiger partial charge is 0.480 e. The first kappa shape index (κ1) is 13.0. The minimum atomic E-state index is -5.80. The fraction of sp³-hybridized carbons (Fsp3) is 0.800. The Morgan fingerprint density at radius 3 is 2.00 bits per heavy atom. The minimum Gasteiger partial charge on any atom is -0.480 e. The lowest BCUT2D eigenvalue weighted by atomic mass is 10.3. The van der Waals surface area contributed by atoms with Crippen molar-refractivity contribution in [1.29, 1.82) is 0 Å². The molecule has 0 saturated heterocycles. The summed E-state index contributed by atoms with van der Waals surface area (Å²) in [6.07, 6.45) is -15.5. The molecule has 3 nitrogen and oxygen atoms in total. The van der Waals surface area contributed by atoms with E-state index < -0.39 is 31.0 Å². The van der Waals surface area contributed by atoms with Crippen molar-refractivity contribution in [1.82, 2.24) is 0 Å². The highest BCUT2D eigenvalue weighted by Crippen LogP contribution is 2.35. The van der Waals surface area contributed by atoms with Gasteiger partial charge in [-0.3, -0.25) is 0 Å². The molecule has 0 rings (SSSR count). The molecule has 14 heavy (non-hydrogen) atoms. The van der Waals surface area contributed by atoms with Gasteiger partial charge in [0.2, 0.25) is 0 Å². The SMILES string of the molecule is O=C(O)COC(F)(F)C(F)C(F)(F)F. The third-order valence-corrected chi connectivity index (χ3v) is 0.971. The maximum absolute atomic E-state index is 12.1. The van der Waals surface area contributed by atoms with Crippen LogP contribution in [0.2, 0.25) is 0 Å². The van der Waals surface area contributed by atoms with Crippen LogP contribution in [0.4, 0.5) is 26.3 Å². The molecule has 1 unspecified atom stereocenters. The quantitative estimate of drug-likeness (QED) is 0.740. The van der Waals surface area contributed by atoms with Crippen LogP contribution in [0.1, 0.15) is 0 Å². The molecule has 9 heteroatoms. The highest BCUT2D eigenvalue weighted by atomic mass is 19.4. The highest BCUT2D eigenvalue weighted by Gasteiger charge is 2.58. The number of carbonyl (C=O) groups is 1. The first-order valence-corrected chi connectivity index (χ1v) is 3.01. The molecule has 0 aliphatic carbocycles. The number of ether oxygens (including phenoxy) is 1. The van der Waals surface area contributed by atoms with Crippen LogP contribution in [0.3, 0.4) is 0 Å². The zero-order valence-electron chi connectivity index (χ0n) is 6.32. The molecular weight excluding hydrogens is 222 g/mol. The summed E-state index contributed by atoms with van der Waals surface area (Å²) in [6.45, 7) is -1.72. The molecule has 0 amide bonds. The van der Waals surface area contributed by atoms with Crippen molar-refractivity contribution in [3.63, 3.8) is 0 Å². The van der Waals surface area contributed by atoms with E-state index in [4.69, 9.17) is 5.11 Å². The first-order chi connectivity index (χ1) is 6.07. The maximum atomic E-state index is 12.1. The van der Waals surface area contributed by atoms with E-state index in [1.807, 2.05) is 0 Å². The summed E-state index contributed by atoms with van der Waals surface area (Å²) in [5.41, 5.74) is 0. The molecule has 0 bridgehead atoms. The summed E-state index contributed by atoms with van der Waals surface area (Å²) >= 11 is 0. The second kappa shape index (κ2) is 4.03. The van der Waals surface area contributed by atoms with Gasteiger partial charge in [0, 0.05) is 0 Å². The van der Waals surface area contributed by atoms with Crippen molar-refractivity contribution in [2.75, 3.05) is 6.61 Å². The molecule has 0 aliphatic heterocycles. The summed E-state index contributed by atoms with van der Waals surface area (Å²) in [5, 5.41) is 7.80. The van der Waals surface area contributed by atoms with Gasteiger partial charge in [-0.25, -0.2) is 9.18 Å². The molecule has 84 valence electrons. The highest BCUT2D eigenvalue weighted by molar-refractivity contribution is 5.68. The fourth-order valence-electron chi connectivity index (χ4n) is 0.422. The van der Waals surface area contributed by atoms with Gasteiger partial charge in [-0.1, -0.05) is 0 Å². The molecule has 0 radical (unpaired) electrons. The van der Waals surface area contributed by atoms with Crippen LogP contribution in [0.25, 0.3) is 0 Å². The van der Waals surface area contributed by atoms with Gasteiger partial charge < -0.3 is 9.84 Å². The molecule has 0 aliphatic rings. The van der Waals surface area contributed by atoms with Crippen molar-refractivity contribution < 1.29 is 41.0 Å². The summed E-state index contributed by atoms with van der Waals surface area (Å²) in [7, 11) is 0. The minimum absolute atomic E-state index is 1.72. The Morgan fingerprint density at radius 2 is 1.71 bits per heavy atom. The van der Waals surface area contributed by atoms with Crippen molar-refractivity contribution in [3.05, 3.63) is 0 Å².